The predicted molar refractivity (Wildman–Crippen MR) is 101 cm³/mol. The maximum absolute atomic E-state index is 11.8. The summed E-state index contributed by atoms with van der Waals surface area (Å²) < 4.78 is 5.39. The van der Waals surface area contributed by atoms with Gasteiger partial charge in [-0.3, -0.25) is 14.9 Å². The molecule has 0 fully saturated rings. The molecule has 0 saturated carbocycles. The quantitative estimate of drug-likeness (QED) is 0.460. The number of carbonyl (C=O) groups excluding carboxylic acids is 1. The summed E-state index contributed by atoms with van der Waals surface area (Å²) in [5, 5.41) is 24.2. The Bertz CT molecular complexity index is 855. The van der Waals surface area contributed by atoms with E-state index in [1.807, 2.05) is 12.1 Å². The third kappa shape index (κ3) is 5.53. The number of benzene rings is 2. The molecule has 2 rings (SSSR count). The average molecular weight is 371 g/mol. The zero-order chi connectivity index (χ0) is 20.0. The molecule has 0 aliphatic rings. The number of nitrogens with one attached hydrogen (secondary N) is 1. The van der Waals surface area contributed by atoms with Crippen molar-refractivity contribution < 1.29 is 19.6 Å². The van der Waals surface area contributed by atoms with Crippen LogP contribution in [0.2, 0.25) is 0 Å². The molecule has 0 saturated heterocycles. The van der Waals surface area contributed by atoms with Crippen LogP contribution in [0, 0.1) is 10.1 Å². The second-order valence-corrected chi connectivity index (χ2v) is 6.83. The van der Waals surface area contributed by atoms with E-state index in [2.05, 4.69) is 31.3 Å². The second kappa shape index (κ2) is 8.31. The Kier molecular flexibility index (Phi) is 6.12. The molecule has 27 heavy (non-hydrogen) atoms. The van der Waals surface area contributed by atoms with Crippen molar-refractivity contribution in [2.45, 2.75) is 26.2 Å². The van der Waals surface area contributed by atoms with Gasteiger partial charge < -0.3 is 9.84 Å². The van der Waals surface area contributed by atoms with E-state index < -0.39 is 22.3 Å². The van der Waals surface area contributed by atoms with Gasteiger partial charge in [-0.05, 0) is 29.2 Å². The number of phenols is 1. The summed E-state index contributed by atoms with van der Waals surface area (Å²) >= 11 is 0. The minimum Gasteiger partial charge on any atom is -0.502 e. The van der Waals surface area contributed by atoms with Crippen molar-refractivity contribution in [2.24, 2.45) is 5.10 Å². The van der Waals surface area contributed by atoms with Gasteiger partial charge in [0.15, 0.2) is 6.61 Å². The number of aromatic hydroxyl groups is 1. The monoisotopic (exact) mass is 371 g/mol. The average Bonchev–Trinajstić information content (AvgIpc) is 2.60. The predicted octanol–water partition coefficient (Wildman–Crippen LogP) is 3.13. The number of hydrogen-bond acceptors (Lipinski definition) is 6. The van der Waals surface area contributed by atoms with Gasteiger partial charge in [0.2, 0.25) is 5.75 Å². The van der Waals surface area contributed by atoms with Crippen LogP contribution in [0.25, 0.3) is 0 Å². The number of phenolic OH excluding ortho intramolecular Hbond substituents is 1. The summed E-state index contributed by atoms with van der Waals surface area (Å²) in [7, 11) is 0. The number of hydrazone groups is 1. The highest BCUT2D eigenvalue weighted by atomic mass is 16.6. The highest BCUT2D eigenvalue weighted by Crippen LogP contribution is 2.28. The zero-order valence-corrected chi connectivity index (χ0v) is 15.3. The molecule has 0 aromatic heterocycles. The van der Waals surface area contributed by atoms with Crippen LogP contribution in [0.5, 0.6) is 11.5 Å². The van der Waals surface area contributed by atoms with E-state index in [1.54, 1.807) is 12.1 Å². The standard InChI is InChI=1S/C19H21N3O5/c1-19(2,3)14-7-9-15(10-8-14)27-12-17(23)21-20-11-13-5-4-6-16(18(13)24)22(25)26/h4-11,24H,12H2,1-3H3,(H,21,23)/b20-11-. The highest BCUT2D eigenvalue weighted by Gasteiger charge is 2.15. The van der Waals surface area contributed by atoms with Gasteiger partial charge in [0, 0.05) is 11.6 Å². The molecule has 0 aliphatic carbocycles. The van der Waals surface area contributed by atoms with Crippen LogP contribution in [-0.4, -0.2) is 28.8 Å². The number of amides is 1. The fourth-order valence-corrected chi connectivity index (χ4v) is 2.21. The van der Waals surface area contributed by atoms with E-state index in [0.29, 0.717) is 5.75 Å². The van der Waals surface area contributed by atoms with Crippen LogP contribution >= 0.6 is 0 Å². The van der Waals surface area contributed by atoms with Crippen molar-refractivity contribution in [2.75, 3.05) is 6.61 Å². The fourth-order valence-electron chi connectivity index (χ4n) is 2.21. The van der Waals surface area contributed by atoms with E-state index in [1.165, 1.54) is 18.2 Å². The Morgan fingerprint density at radius 3 is 2.52 bits per heavy atom. The lowest BCUT2D eigenvalue weighted by molar-refractivity contribution is -0.385. The first-order valence-corrected chi connectivity index (χ1v) is 8.20. The number of para-hydroxylation sites is 1. The van der Waals surface area contributed by atoms with E-state index in [-0.39, 0.29) is 17.6 Å². The van der Waals surface area contributed by atoms with E-state index in [0.717, 1.165) is 11.8 Å². The summed E-state index contributed by atoms with van der Waals surface area (Å²) in [6, 6.07) is 11.5. The maximum atomic E-state index is 11.8. The number of nitro groups is 1. The molecule has 8 nitrogen and oxygen atoms in total. The highest BCUT2D eigenvalue weighted by molar-refractivity contribution is 5.87. The van der Waals surface area contributed by atoms with Crippen LogP contribution in [0.1, 0.15) is 31.9 Å². The topological polar surface area (TPSA) is 114 Å². The van der Waals surface area contributed by atoms with Gasteiger partial charge in [0.05, 0.1) is 11.1 Å². The Morgan fingerprint density at radius 2 is 1.93 bits per heavy atom. The number of nitro benzene ring substituents is 1. The number of hydrogen-bond donors (Lipinski definition) is 2. The Morgan fingerprint density at radius 1 is 1.26 bits per heavy atom. The van der Waals surface area contributed by atoms with Gasteiger partial charge in [-0.15, -0.1) is 0 Å². The molecule has 142 valence electrons. The van der Waals surface area contributed by atoms with Crippen molar-refractivity contribution in [3.05, 3.63) is 63.7 Å². The molecule has 8 heteroatoms. The molecule has 0 atom stereocenters. The first kappa shape index (κ1) is 19.9. The van der Waals surface area contributed by atoms with Gasteiger partial charge in [0.25, 0.3) is 5.91 Å². The van der Waals surface area contributed by atoms with Crippen LogP contribution < -0.4 is 10.2 Å². The second-order valence-electron chi connectivity index (χ2n) is 6.83. The largest absolute Gasteiger partial charge is 0.502 e. The maximum Gasteiger partial charge on any atom is 0.311 e. The third-order valence-corrected chi connectivity index (χ3v) is 3.73. The lowest BCUT2D eigenvalue weighted by Crippen LogP contribution is -2.24. The molecular weight excluding hydrogens is 350 g/mol. The Balaban J connectivity index is 1.89. The molecule has 0 unspecified atom stereocenters. The molecule has 2 aromatic rings. The smallest absolute Gasteiger partial charge is 0.311 e. The molecule has 0 spiro atoms. The van der Waals surface area contributed by atoms with E-state index in [9.17, 15) is 20.0 Å². The lowest BCUT2D eigenvalue weighted by atomic mass is 9.87. The summed E-state index contributed by atoms with van der Waals surface area (Å²) in [6.45, 7) is 6.07. The minimum absolute atomic E-state index is 0.0304. The summed E-state index contributed by atoms with van der Waals surface area (Å²) in [6.07, 6.45) is 1.12. The Labute approximate surface area is 156 Å². The third-order valence-electron chi connectivity index (χ3n) is 3.73. The lowest BCUT2D eigenvalue weighted by Gasteiger charge is -2.19. The van der Waals surface area contributed by atoms with Crippen LogP contribution in [0.4, 0.5) is 5.69 Å². The van der Waals surface area contributed by atoms with Crippen LogP contribution in [0.15, 0.2) is 47.6 Å². The summed E-state index contributed by atoms with van der Waals surface area (Å²) in [5.41, 5.74) is 3.10. The van der Waals surface area contributed by atoms with Gasteiger partial charge in [-0.1, -0.05) is 39.0 Å². The van der Waals surface area contributed by atoms with Crippen LogP contribution in [-0.2, 0) is 10.2 Å². The number of nitrogens with zero attached hydrogens (tertiary/aromatic N) is 2. The Hall–Kier alpha value is -3.42. The summed E-state index contributed by atoms with van der Waals surface area (Å²) in [5.74, 6) is -0.467. The van der Waals surface area contributed by atoms with Gasteiger partial charge in [-0.25, -0.2) is 5.43 Å². The van der Waals surface area contributed by atoms with Crippen molar-refractivity contribution in [1.82, 2.24) is 5.43 Å². The zero-order valence-electron chi connectivity index (χ0n) is 15.3. The molecule has 2 N–H and O–H groups in total. The van der Waals surface area contributed by atoms with Crippen molar-refractivity contribution in [3.63, 3.8) is 0 Å². The SMILES string of the molecule is CC(C)(C)c1ccc(OCC(=O)N/N=C\c2cccc([N+](=O)[O-])c2O)cc1. The van der Waals surface area contributed by atoms with Gasteiger partial charge >= 0.3 is 5.69 Å². The van der Waals surface area contributed by atoms with Gasteiger partial charge in [0.1, 0.15) is 5.75 Å². The number of rotatable bonds is 6. The molecule has 2 aromatic carbocycles. The van der Waals surface area contributed by atoms with Gasteiger partial charge in [-0.2, -0.15) is 5.10 Å². The van der Waals surface area contributed by atoms with Crippen molar-refractivity contribution >= 4 is 17.8 Å². The van der Waals surface area contributed by atoms with Crippen LogP contribution in [0.3, 0.4) is 0 Å². The number of carbonyl (C=O) groups is 1. The molecule has 0 aliphatic heterocycles. The first-order chi connectivity index (χ1) is 12.7. The van der Waals surface area contributed by atoms with E-state index >= 15 is 0 Å². The molecule has 0 bridgehead atoms. The minimum atomic E-state index is -0.704. The molecular formula is C19H21N3O5. The molecule has 1 amide bonds. The normalized spacial score (nSPS) is 11.4. The fraction of sp³-hybridized carbons (Fsp3) is 0.263. The van der Waals surface area contributed by atoms with Crippen molar-refractivity contribution in [1.29, 1.82) is 0 Å². The molecule has 0 radical (unpaired) electrons. The first-order valence-electron chi connectivity index (χ1n) is 8.20. The summed E-state index contributed by atoms with van der Waals surface area (Å²) in [4.78, 5) is 21.8. The number of ether oxygens (including phenoxy) is 1. The molecule has 0 heterocycles. The van der Waals surface area contributed by atoms with E-state index in [4.69, 9.17) is 4.74 Å². The van der Waals surface area contributed by atoms with Crippen molar-refractivity contribution in [3.8, 4) is 11.5 Å².